The molecule has 10 heavy (non-hydrogen) atoms. The average Bonchev–Trinajstić information content (AvgIpc) is 1.89. The van der Waals surface area contributed by atoms with E-state index in [0.717, 1.165) is 0 Å². The summed E-state index contributed by atoms with van der Waals surface area (Å²) in [6, 6.07) is 0. The number of rotatable bonds is 5. The van der Waals surface area contributed by atoms with Crippen LogP contribution in [-0.2, 0) is 0 Å². The summed E-state index contributed by atoms with van der Waals surface area (Å²) >= 11 is 11.0. The van der Waals surface area contributed by atoms with Gasteiger partial charge in [-0.3, -0.25) is 0 Å². The van der Waals surface area contributed by atoms with Crippen molar-refractivity contribution in [2.75, 3.05) is 12.5 Å². The molecule has 2 unspecified atom stereocenters. The van der Waals surface area contributed by atoms with Crippen LogP contribution in [0.5, 0.6) is 0 Å². The Hall–Kier alpha value is 0.500. The van der Waals surface area contributed by atoms with Crippen LogP contribution in [0.4, 0.5) is 0 Å². The fourth-order valence-corrected chi connectivity index (χ4v) is 1.06. The first-order valence-electron chi connectivity index (χ1n) is 3.21. The van der Waals surface area contributed by atoms with E-state index in [-0.39, 0.29) is 12.0 Å². The number of halogens is 2. The van der Waals surface area contributed by atoms with Gasteiger partial charge in [0.2, 0.25) is 0 Å². The minimum atomic E-state index is -0.591. The topological polar surface area (TPSA) is 40.5 Å². The van der Waals surface area contributed by atoms with E-state index < -0.39 is 6.10 Å². The molecule has 4 heteroatoms. The van der Waals surface area contributed by atoms with Crippen molar-refractivity contribution in [3.8, 4) is 0 Å². The monoisotopic (exact) mass is 186 g/mol. The third-order valence-electron chi connectivity index (χ3n) is 1.23. The Kier molecular flexibility index (Phi) is 6.54. The molecule has 0 aliphatic heterocycles. The van der Waals surface area contributed by atoms with Crippen molar-refractivity contribution in [1.29, 1.82) is 0 Å². The van der Waals surface area contributed by atoms with E-state index in [9.17, 15) is 0 Å². The lowest BCUT2D eigenvalue weighted by molar-refractivity contribution is 0.151. The Morgan fingerprint density at radius 1 is 1.30 bits per heavy atom. The molecule has 62 valence electrons. The maximum atomic E-state index is 9.12. The normalized spacial score (nSPS) is 16.8. The van der Waals surface area contributed by atoms with Crippen molar-refractivity contribution in [2.24, 2.45) is 0 Å². The van der Waals surface area contributed by atoms with Gasteiger partial charge in [-0.1, -0.05) is 0 Å². The SMILES string of the molecule is OCCC(Cl)C(O)CCCl. The third-order valence-corrected chi connectivity index (χ3v) is 1.95. The minimum absolute atomic E-state index is 0.00745. The van der Waals surface area contributed by atoms with Gasteiger partial charge < -0.3 is 10.2 Å². The fraction of sp³-hybridized carbons (Fsp3) is 1.00. The highest BCUT2D eigenvalue weighted by atomic mass is 35.5. The summed E-state index contributed by atoms with van der Waals surface area (Å²) in [7, 11) is 0. The predicted octanol–water partition coefficient (Wildman–Crippen LogP) is 0.966. The van der Waals surface area contributed by atoms with E-state index >= 15 is 0 Å². The summed E-state index contributed by atoms with van der Waals surface area (Å²) in [5, 5.41) is 17.2. The van der Waals surface area contributed by atoms with Crippen LogP contribution in [0, 0.1) is 0 Å². The molecule has 0 fully saturated rings. The summed E-state index contributed by atoms with van der Waals surface area (Å²) in [6.07, 6.45) is 0.307. The molecular formula is C6H12Cl2O2. The van der Waals surface area contributed by atoms with Gasteiger partial charge in [-0.05, 0) is 12.8 Å². The molecule has 0 aromatic carbocycles. The number of alkyl halides is 2. The van der Waals surface area contributed by atoms with Crippen LogP contribution in [0.3, 0.4) is 0 Å². The van der Waals surface area contributed by atoms with Gasteiger partial charge in [-0.15, -0.1) is 23.2 Å². The summed E-state index contributed by atoms with van der Waals surface area (Å²) in [6.45, 7) is 0.00745. The van der Waals surface area contributed by atoms with E-state index in [1.54, 1.807) is 0 Å². The van der Waals surface area contributed by atoms with Crippen molar-refractivity contribution in [2.45, 2.75) is 24.3 Å². The van der Waals surface area contributed by atoms with Crippen LogP contribution in [-0.4, -0.2) is 34.2 Å². The molecule has 0 saturated carbocycles. The first-order valence-corrected chi connectivity index (χ1v) is 4.18. The summed E-state index contributed by atoms with van der Waals surface area (Å²) in [4.78, 5) is 0. The third kappa shape index (κ3) is 4.34. The average molecular weight is 187 g/mol. The van der Waals surface area contributed by atoms with Gasteiger partial charge in [-0.2, -0.15) is 0 Å². The van der Waals surface area contributed by atoms with Gasteiger partial charge in [0.1, 0.15) is 0 Å². The summed E-state index contributed by atoms with van der Waals surface area (Å²) in [5.74, 6) is 0.399. The lowest BCUT2D eigenvalue weighted by Crippen LogP contribution is -2.22. The second-order valence-electron chi connectivity index (χ2n) is 2.07. The highest BCUT2D eigenvalue weighted by molar-refractivity contribution is 6.21. The zero-order valence-electron chi connectivity index (χ0n) is 5.63. The Balaban J connectivity index is 3.38. The molecule has 0 radical (unpaired) electrons. The lowest BCUT2D eigenvalue weighted by Gasteiger charge is -2.13. The molecule has 0 aromatic heterocycles. The zero-order valence-corrected chi connectivity index (χ0v) is 7.15. The highest BCUT2D eigenvalue weighted by Crippen LogP contribution is 2.10. The summed E-state index contributed by atoms with van der Waals surface area (Å²) < 4.78 is 0. The molecule has 0 spiro atoms. The quantitative estimate of drug-likeness (QED) is 0.629. The van der Waals surface area contributed by atoms with Gasteiger partial charge in [0.25, 0.3) is 0 Å². The first-order chi connectivity index (χ1) is 4.72. The molecule has 2 N–H and O–H groups in total. The number of aliphatic hydroxyl groups excluding tert-OH is 2. The van der Waals surface area contributed by atoms with Gasteiger partial charge in [-0.25, -0.2) is 0 Å². The zero-order chi connectivity index (χ0) is 7.98. The number of hydrogen-bond acceptors (Lipinski definition) is 2. The maximum Gasteiger partial charge on any atom is 0.0715 e. The molecule has 0 aromatic rings. The minimum Gasteiger partial charge on any atom is -0.396 e. The molecule has 0 heterocycles. The van der Waals surface area contributed by atoms with Crippen LogP contribution >= 0.6 is 23.2 Å². The Morgan fingerprint density at radius 2 is 1.90 bits per heavy atom. The van der Waals surface area contributed by atoms with E-state index in [1.807, 2.05) is 0 Å². The van der Waals surface area contributed by atoms with E-state index in [4.69, 9.17) is 33.4 Å². The smallest absolute Gasteiger partial charge is 0.0715 e. The van der Waals surface area contributed by atoms with E-state index in [2.05, 4.69) is 0 Å². The standard InChI is InChI=1S/C6H12Cl2O2/c7-3-1-6(10)5(8)2-4-9/h5-6,9-10H,1-4H2. The van der Waals surface area contributed by atoms with Crippen molar-refractivity contribution >= 4 is 23.2 Å². The van der Waals surface area contributed by atoms with Crippen molar-refractivity contribution in [1.82, 2.24) is 0 Å². The molecule has 0 rings (SSSR count). The molecule has 2 atom stereocenters. The van der Waals surface area contributed by atoms with E-state index in [1.165, 1.54) is 0 Å². The van der Waals surface area contributed by atoms with Crippen LogP contribution in [0.25, 0.3) is 0 Å². The predicted molar refractivity (Wildman–Crippen MR) is 42.7 cm³/mol. The van der Waals surface area contributed by atoms with Gasteiger partial charge in [0, 0.05) is 12.5 Å². The van der Waals surface area contributed by atoms with Crippen molar-refractivity contribution in [3.05, 3.63) is 0 Å². The Labute approximate surface area is 70.8 Å². The van der Waals surface area contributed by atoms with Gasteiger partial charge in [0.05, 0.1) is 11.5 Å². The molecule has 0 aliphatic rings. The Bertz CT molecular complexity index is 70.1. The van der Waals surface area contributed by atoms with Gasteiger partial charge in [0.15, 0.2) is 0 Å². The largest absolute Gasteiger partial charge is 0.396 e. The van der Waals surface area contributed by atoms with Crippen LogP contribution < -0.4 is 0 Å². The second kappa shape index (κ2) is 6.23. The maximum absolute atomic E-state index is 9.12. The molecule has 0 amide bonds. The van der Waals surface area contributed by atoms with E-state index in [0.29, 0.717) is 18.7 Å². The molecule has 0 aliphatic carbocycles. The number of hydrogen-bond donors (Lipinski definition) is 2. The van der Waals surface area contributed by atoms with Gasteiger partial charge >= 0.3 is 0 Å². The second-order valence-corrected chi connectivity index (χ2v) is 3.01. The fourth-order valence-electron chi connectivity index (χ4n) is 0.608. The van der Waals surface area contributed by atoms with Crippen LogP contribution in [0.1, 0.15) is 12.8 Å². The van der Waals surface area contributed by atoms with Crippen LogP contribution in [0.2, 0.25) is 0 Å². The van der Waals surface area contributed by atoms with Crippen molar-refractivity contribution < 1.29 is 10.2 Å². The number of aliphatic hydroxyl groups is 2. The molecule has 0 saturated heterocycles. The first kappa shape index (κ1) is 10.5. The van der Waals surface area contributed by atoms with Crippen molar-refractivity contribution in [3.63, 3.8) is 0 Å². The lowest BCUT2D eigenvalue weighted by atomic mass is 10.1. The molecule has 0 bridgehead atoms. The Morgan fingerprint density at radius 3 is 2.30 bits per heavy atom. The molecule has 2 nitrogen and oxygen atoms in total. The van der Waals surface area contributed by atoms with Crippen LogP contribution in [0.15, 0.2) is 0 Å². The summed E-state index contributed by atoms with van der Waals surface area (Å²) in [5.41, 5.74) is 0. The highest BCUT2D eigenvalue weighted by Gasteiger charge is 2.14. The molecular weight excluding hydrogens is 175 g/mol.